The first-order chi connectivity index (χ1) is 11.6. The molecule has 0 aliphatic carbocycles. The standard InChI is InChI=1S/C21H24N2O/c1-13-6-7-15-16-5-4-10-22-20(16)24-19(15)17(13)18-14(2)23-11-8-21(18,3)9-12-23/h4-7,10,14,18H,8-9,11-12H2,1-3H3/t14-,18?/m1/s1. The molecule has 6 rings (SSSR count). The van der Waals surface area contributed by atoms with E-state index in [-0.39, 0.29) is 0 Å². The minimum absolute atomic E-state index is 0.375. The van der Waals surface area contributed by atoms with Gasteiger partial charge in [0.15, 0.2) is 0 Å². The van der Waals surface area contributed by atoms with E-state index >= 15 is 0 Å². The lowest BCUT2D eigenvalue weighted by atomic mass is 9.60. The Labute approximate surface area is 142 Å². The maximum atomic E-state index is 6.29. The Morgan fingerprint density at radius 3 is 2.71 bits per heavy atom. The fraction of sp³-hybridized carbons (Fsp3) is 0.476. The summed E-state index contributed by atoms with van der Waals surface area (Å²) in [6, 6.07) is 9.16. The Kier molecular flexibility index (Phi) is 2.91. The molecular formula is C21H24N2O. The number of piperidine rings is 3. The van der Waals surface area contributed by atoms with E-state index in [9.17, 15) is 0 Å². The van der Waals surface area contributed by atoms with E-state index in [1.807, 2.05) is 12.3 Å². The van der Waals surface area contributed by atoms with Crippen molar-refractivity contribution in [3.8, 4) is 0 Å². The second-order valence-corrected chi connectivity index (χ2v) is 8.04. The van der Waals surface area contributed by atoms with Crippen LogP contribution in [0.3, 0.4) is 0 Å². The number of aromatic nitrogens is 1. The third-order valence-electron chi connectivity index (χ3n) is 6.73. The third kappa shape index (κ3) is 1.79. The molecule has 0 saturated carbocycles. The van der Waals surface area contributed by atoms with Crippen LogP contribution in [0.1, 0.15) is 43.7 Å². The zero-order valence-corrected chi connectivity index (χ0v) is 14.7. The minimum Gasteiger partial charge on any atom is -0.437 e. The zero-order valence-electron chi connectivity index (χ0n) is 14.7. The number of hydrogen-bond acceptors (Lipinski definition) is 3. The summed E-state index contributed by atoms with van der Waals surface area (Å²) < 4.78 is 6.29. The first-order valence-corrected chi connectivity index (χ1v) is 9.09. The van der Waals surface area contributed by atoms with Gasteiger partial charge in [0.05, 0.1) is 0 Å². The lowest BCUT2D eigenvalue weighted by Crippen LogP contribution is -2.57. The monoisotopic (exact) mass is 320 g/mol. The van der Waals surface area contributed by atoms with Crippen molar-refractivity contribution in [2.45, 2.75) is 45.6 Å². The molecule has 2 aromatic heterocycles. The molecule has 124 valence electrons. The van der Waals surface area contributed by atoms with Crippen molar-refractivity contribution < 1.29 is 4.42 Å². The number of pyridine rings is 1. The Bertz CT molecular complexity index is 934. The number of hydrogen-bond donors (Lipinski definition) is 0. The Hall–Kier alpha value is -1.87. The Balaban J connectivity index is 1.81. The van der Waals surface area contributed by atoms with Crippen LogP contribution in [0.4, 0.5) is 0 Å². The maximum absolute atomic E-state index is 6.29. The van der Waals surface area contributed by atoms with Crippen LogP contribution in [0.15, 0.2) is 34.9 Å². The maximum Gasteiger partial charge on any atom is 0.227 e. The summed E-state index contributed by atoms with van der Waals surface area (Å²) in [4.78, 5) is 7.10. The van der Waals surface area contributed by atoms with Gasteiger partial charge in [-0.15, -0.1) is 0 Å². The van der Waals surface area contributed by atoms with Crippen molar-refractivity contribution in [3.05, 3.63) is 41.6 Å². The number of benzene rings is 1. The SMILES string of the molecule is Cc1ccc2c(oc3ncccc32)c1C1[C@@H](C)N2CCC1(C)CC2. The van der Waals surface area contributed by atoms with Gasteiger partial charge in [-0.2, -0.15) is 0 Å². The van der Waals surface area contributed by atoms with Gasteiger partial charge in [-0.3, -0.25) is 4.90 Å². The van der Waals surface area contributed by atoms with Gasteiger partial charge in [-0.05, 0) is 62.9 Å². The molecular weight excluding hydrogens is 296 g/mol. The van der Waals surface area contributed by atoms with E-state index in [1.54, 1.807) is 0 Å². The van der Waals surface area contributed by atoms with Gasteiger partial charge in [0.1, 0.15) is 5.58 Å². The molecule has 0 radical (unpaired) electrons. The number of furan rings is 1. The molecule has 3 aliphatic heterocycles. The highest BCUT2D eigenvalue weighted by Gasteiger charge is 2.49. The summed E-state index contributed by atoms with van der Waals surface area (Å²) in [5.74, 6) is 0.532. The second kappa shape index (κ2) is 4.82. The average Bonchev–Trinajstić information content (AvgIpc) is 2.95. The quantitative estimate of drug-likeness (QED) is 0.640. The second-order valence-electron chi connectivity index (χ2n) is 8.04. The summed E-state index contributed by atoms with van der Waals surface area (Å²) in [6.45, 7) is 9.61. The van der Waals surface area contributed by atoms with Gasteiger partial charge in [-0.25, -0.2) is 4.98 Å². The van der Waals surface area contributed by atoms with Crippen molar-refractivity contribution in [1.29, 1.82) is 0 Å². The van der Waals surface area contributed by atoms with Crippen LogP contribution in [0.25, 0.3) is 22.1 Å². The predicted octanol–water partition coefficient (Wildman–Crippen LogP) is 4.88. The molecule has 2 bridgehead atoms. The van der Waals surface area contributed by atoms with E-state index < -0.39 is 0 Å². The van der Waals surface area contributed by atoms with Crippen LogP contribution in [-0.4, -0.2) is 29.0 Å². The van der Waals surface area contributed by atoms with Crippen LogP contribution in [0.5, 0.6) is 0 Å². The molecule has 5 heterocycles. The Morgan fingerprint density at radius 1 is 1.17 bits per heavy atom. The number of aryl methyl sites for hydroxylation is 1. The largest absolute Gasteiger partial charge is 0.437 e. The number of fused-ring (bicyclic) bond motifs is 6. The highest BCUT2D eigenvalue weighted by atomic mass is 16.3. The van der Waals surface area contributed by atoms with Crippen molar-refractivity contribution in [2.24, 2.45) is 5.41 Å². The topological polar surface area (TPSA) is 29.3 Å². The van der Waals surface area contributed by atoms with E-state index in [4.69, 9.17) is 4.42 Å². The van der Waals surface area contributed by atoms with Crippen LogP contribution >= 0.6 is 0 Å². The highest BCUT2D eigenvalue weighted by Crippen LogP contribution is 2.54. The third-order valence-corrected chi connectivity index (χ3v) is 6.73. The molecule has 3 nitrogen and oxygen atoms in total. The average molecular weight is 320 g/mol. The molecule has 1 unspecified atom stereocenters. The summed E-state index contributed by atoms with van der Waals surface area (Å²) in [5.41, 5.74) is 4.98. The molecule has 3 heteroatoms. The van der Waals surface area contributed by atoms with Crippen LogP contribution in [0.2, 0.25) is 0 Å². The minimum atomic E-state index is 0.375. The molecule has 3 aromatic rings. The van der Waals surface area contributed by atoms with Crippen molar-refractivity contribution in [3.63, 3.8) is 0 Å². The lowest BCUT2D eigenvalue weighted by molar-refractivity contribution is -0.0267. The molecule has 24 heavy (non-hydrogen) atoms. The summed E-state index contributed by atoms with van der Waals surface area (Å²) >= 11 is 0. The molecule has 3 fully saturated rings. The number of nitrogens with zero attached hydrogens (tertiary/aromatic N) is 2. The summed E-state index contributed by atoms with van der Waals surface area (Å²) in [7, 11) is 0. The molecule has 0 spiro atoms. The highest BCUT2D eigenvalue weighted by molar-refractivity contribution is 6.05. The van der Waals surface area contributed by atoms with Crippen LogP contribution in [0, 0.1) is 12.3 Å². The first-order valence-electron chi connectivity index (χ1n) is 9.09. The summed E-state index contributed by atoms with van der Waals surface area (Å²) in [5, 5.41) is 2.35. The van der Waals surface area contributed by atoms with Crippen molar-refractivity contribution >= 4 is 22.1 Å². The predicted molar refractivity (Wildman–Crippen MR) is 97.4 cm³/mol. The Morgan fingerprint density at radius 2 is 1.96 bits per heavy atom. The van der Waals surface area contributed by atoms with Gasteiger partial charge >= 0.3 is 0 Å². The zero-order chi connectivity index (χ0) is 16.5. The van der Waals surface area contributed by atoms with Crippen molar-refractivity contribution in [2.75, 3.05) is 13.1 Å². The van der Waals surface area contributed by atoms with Gasteiger partial charge in [0.25, 0.3) is 0 Å². The van der Waals surface area contributed by atoms with Gasteiger partial charge < -0.3 is 4.42 Å². The molecule has 1 aromatic carbocycles. The van der Waals surface area contributed by atoms with Gasteiger partial charge in [0, 0.05) is 34.5 Å². The molecule has 0 amide bonds. The molecule has 0 N–H and O–H groups in total. The first kappa shape index (κ1) is 14.5. The van der Waals surface area contributed by atoms with E-state index in [0.29, 0.717) is 17.4 Å². The smallest absolute Gasteiger partial charge is 0.227 e. The normalized spacial score (nSPS) is 32.7. The molecule has 3 saturated heterocycles. The molecule has 2 atom stereocenters. The number of rotatable bonds is 1. The van der Waals surface area contributed by atoms with Crippen LogP contribution < -0.4 is 0 Å². The lowest BCUT2D eigenvalue weighted by Gasteiger charge is -2.56. The fourth-order valence-corrected chi connectivity index (χ4v) is 5.32. The van der Waals surface area contributed by atoms with Gasteiger partial charge in [-0.1, -0.05) is 19.1 Å². The molecule has 3 aliphatic rings. The van der Waals surface area contributed by atoms with Gasteiger partial charge in [0.2, 0.25) is 5.71 Å². The van der Waals surface area contributed by atoms with E-state index in [2.05, 4.69) is 48.9 Å². The fourth-order valence-electron chi connectivity index (χ4n) is 5.32. The summed E-state index contributed by atoms with van der Waals surface area (Å²) in [6.07, 6.45) is 4.39. The van der Waals surface area contributed by atoms with Crippen molar-refractivity contribution in [1.82, 2.24) is 9.88 Å². The van der Waals surface area contributed by atoms with E-state index in [0.717, 1.165) is 16.7 Å². The van der Waals surface area contributed by atoms with Crippen LogP contribution in [-0.2, 0) is 0 Å². The van der Waals surface area contributed by atoms with E-state index in [1.165, 1.54) is 42.4 Å².